The van der Waals surface area contributed by atoms with Crippen LogP contribution in [0.5, 0.6) is 0 Å². The fourth-order valence-electron chi connectivity index (χ4n) is 3.17. The molecule has 2 rings (SSSR count). The predicted octanol–water partition coefficient (Wildman–Crippen LogP) is 2.27. The van der Waals surface area contributed by atoms with Crippen LogP contribution in [0, 0.1) is 5.92 Å². The molecule has 1 aromatic carbocycles. The molecule has 1 saturated heterocycles. The van der Waals surface area contributed by atoms with Gasteiger partial charge in [0.25, 0.3) is 0 Å². The van der Waals surface area contributed by atoms with Gasteiger partial charge in [0.15, 0.2) is 0 Å². The van der Waals surface area contributed by atoms with E-state index in [1.165, 1.54) is 11.1 Å². The lowest BCUT2D eigenvalue weighted by Gasteiger charge is -2.36. The van der Waals surface area contributed by atoms with Gasteiger partial charge in [0.2, 0.25) is 11.8 Å². The summed E-state index contributed by atoms with van der Waals surface area (Å²) in [5.41, 5.74) is 2.47. The highest BCUT2D eigenvalue weighted by Crippen LogP contribution is 2.23. The van der Waals surface area contributed by atoms with Crippen molar-refractivity contribution in [3.63, 3.8) is 0 Å². The highest BCUT2D eigenvalue weighted by atomic mass is 16.2. The molecule has 0 aliphatic carbocycles. The molecule has 0 bridgehead atoms. The van der Waals surface area contributed by atoms with Crippen molar-refractivity contribution in [1.82, 2.24) is 15.5 Å². The van der Waals surface area contributed by atoms with Gasteiger partial charge in [-0.05, 0) is 23.5 Å². The number of nitrogens with zero attached hydrogens (tertiary/aromatic N) is 1. The fourth-order valence-corrected chi connectivity index (χ4v) is 3.17. The molecule has 1 fully saturated rings. The van der Waals surface area contributed by atoms with Gasteiger partial charge in [-0.15, -0.1) is 0 Å². The third kappa shape index (κ3) is 5.85. The maximum absolute atomic E-state index is 12.7. The van der Waals surface area contributed by atoms with E-state index in [-0.39, 0.29) is 17.9 Å². The molecule has 5 nitrogen and oxygen atoms in total. The zero-order chi connectivity index (χ0) is 18.2. The molecule has 2 N–H and O–H groups in total. The maximum Gasteiger partial charge on any atom is 0.224 e. The van der Waals surface area contributed by atoms with Crippen LogP contribution in [-0.4, -0.2) is 42.9 Å². The lowest BCUT2D eigenvalue weighted by Crippen LogP contribution is -2.49. The average molecular weight is 345 g/mol. The first-order valence-electron chi connectivity index (χ1n) is 9.37. The zero-order valence-electron chi connectivity index (χ0n) is 15.7. The summed E-state index contributed by atoms with van der Waals surface area (Å²) in [6, 6.07) is 8.60. The molecule has 138 valence electrons. The van der Waals surface area contributed by atoms with Crippen molar-refractivity contribution < 1.29 is 9.59 Å². The van der Waals surface area contributed by atoms with Crippen molar-refractivity contribution in [2.45, 2.75) is 46.1 Å². The van der Waals surface area contributed by atoms with Gasteiger partial charge in [0, 0.05) is 39.0 Å². The van der Waals surface area contributed by atoms with Crippen LogP contribution in [0.15, 0.2) is 24.3 Å². The van der Waals surface area contributed by atoms with Crippen molar-refractivity contribution in [3.05, 3.63) is 35.4 Å². The van der Waals surface area contributed by atoms with Gasteiger partial charge in [-0.25, -0.2) is 0 Å². The van der Waals surface area contributed by atoms with E-state index in [1.807, 2.05) is 18.7 Å². The van der Waals surface area contributed by atoms with Crippen LogP contribution < -0.4 is 10.6 Å². The van der Waals surface area contributed by atoms with Gasteiger partial charge in [-0.1, -0.05) is 45.0 Å². The Morgan fingerprint density at radius 3 is 2.64 bits per heavy atom. The van der Waals surface area contributed by atoms with E-state index in [9.17, 15) is 9.59 Å². The van der Waals surface area contributed by atoms with E-state index >= 15 is 0 Å². The molecule has 1 heterocycles. The van der Waals surface area contributed by atoms with Crippen molar-refractivity contribution in [1.29, 1.82) is 0 Å². The molecule has 1 unspecified atom stereocenters. The number of rotatable bonds is 7. The van der Waals surface area contributed by atoms with Crippen LogP contribution in [0.1, 0.15) is 50.8 Å². The summed E-state index contributed by atoms with van der Waals surface area (Å²) >= 11 is 0. The normalized spacial score (nSPS) is 17.6. The summed E-state index contributed by atoms with van der Waals surface area (Å²) in [5.74, 6) is 0.463. The molecule has 1 atom stereocenters. The van der Waals surface area contributed by atoms with Crippen molar-refractivity contribution in [2.75, 3.05) is 26.2 Å². The number of nitrogens with one attached hydrogen (secondary N) is 2. The van der Waals surface area contributed by atoms with Gasteiger partial charge in [0.1, 0.15) is 0 Å². The Hall–Kier alpha value is -1.88. The van der Waals surface area contributed by atoms with Crippen LogP contribution >= 0.6 is 0 Å². The minimum atomic E-state index is 0.0230. The van der Waals surface area contributed by atoms with Gasteiger partial charge >= 0.3 is 0 Å². The molecule has 0 spiro atoms. The highest BCUT2D eigenvalue weighted by Gasteiger charge is 2.27. The van der Waals surface area contributed by atoms with E-state index in [2.05, 4.69) is 41.8 Å². The Labute approximate surface area is 151 Å². The van der Waals surface area contributed by atoms with Crippen molar-refractivity contribution >= 4 is 11.8 Å². The molecular formula is C20H31N3O2. The second-order valence-electron chi connectivity index (χ2n) is 7.10. The van der Waals surface area contributed by atoms with Crippen LogP contribution in [0.25, 0.3) is 0 Å². The Morgan fingerprint density at radius 1 is 1.28 bits per heavy atom. The third-order valence-corrected chi connectivity index (χ3v) is 4.59. The van der Waals surface area contributed by atoms with E-state index in [0.717, 1.165) is 19.5 Å². The van der Waals surface area contributed by atoms with Crippen LogP contribution in [0.2, 0.25) is 0 Å². The number of amides is 2. The third-order valence-electron chi connectivity index (χ3n) is 4.59. The summed E-state index contributed by atoms with van der Waals surface area (Å²) < 4.78 is 0. The van der Waals surface area contributed by atoms with E-state index in [4.69, 9.17) is 0 Å². The molecule has 5 heteroatoms. The predicted molar refractivity (Wildman–Crippen MR) is 100 cm³/mol. The number of hydrogen-bond donors (Lipinski definition) is 2. The lowest BCUT2D eigenvalue weighted by molar-refractivity contribution is -0.134. The minimum absolute atomic E-state index is 0.0230. The number of hydrogen-bond acceptors (Lipinski definition) is 3. The number of aryl methyl sites for hydroxylation is 1. The molecule has 0 saturated carbocycles. The number of carbonyl (C=O) groups is 2. The second-order valence-corrected chi connectivity index (χ2v) is 7.10. The van der Waals surface area contributed by atoms with Crippen LogP contribution in [0.4, 0.5) is 0 Å². The summed E-state index contributed by atoms with van der Waals surface area (Å²) in [6.45, 7) is 8.88. The number of piperazine rings is 1. The molecule has 0 aromatic heterocycles. The number of carbonyl (C=O) groups excluding carboxylic acids is 2. The fraction of sp³-hybridized carbons (Fsp3) is 0.600. The standard InChI is InChI=1S/C20H31N3O2/c1-4-16-5-7-17(8-6-16)18-14-21-11-12-23(18)20(25)9-10-22-19(24)13-15(2)3/h5-8,15,18,21H,4,9-14H2,1-3H3,(H,22,24). The number of benzene rings is 1. The zero-order valence-corrected chi connectivity index (χ0v) is 15.7. The quantitative estimate of drug-likeness (QED) is 0.797. The first-order valence-corrected chi connectivity index (χ1v) is 9.37. The molecule has 25 heavy (non-hydrogen) atoms. The molecular weight excluding hydrogens is 314 g/mol. The van der Waals surface area contributed by atoms with Crippen molar-refractivity contribution in [3.8, 4) is 0 Å². The average Bonchev–Trinajstić information content (AvgIpc) is 2.61. The first-order chi connectivity index (χ1) is 12.0. The van der Waals surface area contributed by atoms with Crippen molar-refractivity contribution in [2.24, 2.45) is 5.92 Å². The molecule has 0 radical (unpaired) electrons. The van der Waals surface area contributed by atoms with Crippen LogP contribution in [-0.2, 0) is 16.0 Å². The summed E-state index contributed by atoms with van der Waals surface area (Å²) in [7, 11) is 0. The summed E-state index contributed by atoms with van der Waals surface area (Å²) in [4.78, 5) is 26.3. The summed E-state index contributed by atoms with van der Waals surface area (Å²) in [5, 5.41) is 6.23. The molecule has 2 amide bonds. The Balaban J connectivity index is 1.92. The Bertz CT molecular complexity index is 569. The SMILES string of the molecule is CCc1ccc(C2CNCCN2C(=O)CCNC(=O)CC(C)C)cc1. The largest absolute Gasteiger partial charge is 0.356 e. The monoisotopic (exact) mass is 345 g/mol. The van der Waals surface area contributed by atoms with E-state index in [0.29, 0.717) is 31.8 Å². The van der Waals surface area contributed by atoms with Gasteiger partial charge in [-0.3, -0.25) is 9.59 Å². The van der Waals surface area contributed by atoms with Gasteiger partial charge in [-0.2, -0.15) is 0 Å². The molecule has 1 aromatic rings. The first kappa shape index (κ1) is 19.4. The highest BCUT2D eigenvalue weighted by molar-refractivity contribution is 5.79. The van der Waals surface area contributed by atoms with Crippen LogP contribution in [0.3, 0.4) is 0 Å². The molecule has 1 aliphatic rings. The Kier molecular flexibility index (Phi) is 7.44. The molecule has 1 aliphatic heterocycles. The maximum atomic E-state index is 12.7. The lowest BCUT2D eigenvalue weighted by atomic mass is 10.0. The second kappa shape index (κ2) is 9.56. The van der Waals surface area contributed by atoms with E-state index in [1.54, 1.807) is 0 Å². The Morgan fingerprint density at radius 2 is 2.00 bits per heavy atom. The smallest absolute Gasteiger partial charge is 0.224 e. The summed E-state index contributed by atoms with van der Waals surface area (Å²) in [6.07, 6.45) is 1.88. The van der Waals surface area contributed by atoms with Gasteiger partial charge in [0.05, 0.1) is 6.04 Å². The van der Waals surface area contributed by atoms with E-state index < -0.39 is 0 Å². The minimum Gasteiger partial charge on any atom is -0.356 e. The topological polar surface area (TPSA) is 61.4 Å². The van der Waals surface area contributed by atoms with Gasteiger partial charge < -0.3 is 15.5 Å².